The van der Waals surface area contributed by atoms with Gasteiger partial charge in [0.2, 0.25) is 5.91 Å². The van der Waals surface area contributed by atoms with Gasteiger partial charge in [-0.3, -0.25) is 4.79 Å². The Morgan fingerprint density at radius 2 is 2.30 bits per heavy atom. The zero-order chi connectivity index (χ0) is 15.0. The number of nitrogens with one attached hydrogen (secondary N) is 1. The summed E-state index contributed by atoms with van der Waals surface area (Å²) in [5.41, 5.74) is 5.92. The van der Waals surface area contributed by atoms with Crippen LogP contribution in [0.4, 0.5) is 10.1 Å². The van der Waals surface area contributed by atoms with Crippen LogP contribution in [0.15, 0.2) is 18.2 Å². The maximum atomic E-state index is 13.8. The van der Waals surface area contributed by atoms with Crippen LogP contribution < -0.4 is 11.1 Å². The topological polar surface area (TPSA) is 64.3 Å². The van der Waals surface area contributed by atoms with Crippen molar-refractivity contribution < 1.29 is 13.9 Å². The maximum Gasteiger partial charge on any atom is 0.224 e. The van der Waals surface area contributed by atoms with Gasteiger partial charge in [0.05, 0.1) is 12.2 Å². The second-order valence-electron chi connectivity index (χ2n) is 4.51. The molecule has 4 nitrogen and oxygen atoms in total. The number of anilines is 1. The third kappa shape index (κ3) is 5.39. The van der Waals surface area contributed by atoms with Crippen LogP contribution in [-0.2, 0) is 9.53 Å². The van der Waals surface area contributed by atoms with Crippen molar-refractivity contribution in [2.45, 2.75) is 13.3 Å². The fourth-order valence-electron chi connectivity index (χ4n) is 1.71. The van der Waals surface area contributed by atoms with E-state index in [4.69, 9.17) is 10.5 Å². The summed E-state index contributed by atoms with van der Waals surface area (Å²) < 4.78 is 18.7. The number of amides is 1. The Hall–Kier alpha value is -1.90. The molecule has 0 bridgehead atoms. The van der Waals surface area contributed by atoms with Crippen molar-refractivity contribution in [2.75, 3.05) is 25.6 Å². The summed E-state index contributed by atoms with van der Waals surface area (Å²) in [5.74, 6) is 4.70. The number of carbonyl (C=O) groups is 1. The van der Waals surface area contributed by atoms with Crippen LogP contribution in [0.1, 0.15) is 18.9 Å². The van der Waals surface area contributed by atoms with Gasteiger partial charge >= 0.3 is 0 Å². The lowest BCUT2D eigenvalue weighted by atomic mass is 10.1. The highest BCUT2D eigenvalue weighted by molar-refractivity contribution is 5.91. The van der Waals surface area contributed by atoms with E-state index in [0.29, 0.717) is 12.2 Å². The standard InChI is InChI=1S/C15H19FN2O2/c1-11(10-20-2)8-15(19)18-14-6-5-12(4-3-7-17)9-13(14)16/h5-6,9,11H,7-8,10,17H2,1-2H3,(H,18,19). The van der Waals surface area contributed by atoms with Crippen molar-refractivity contribution in [2.24, 2.45) is 11.7 Å². The van der Waals surface area contributed by atoms with E-state index in [1.54, 1.807) is 13.2 Å². The van der Waals surface area contributed by atoms with Crippen LogP contribution in [0.25, 0.3) is 0 Å². The number of nitrogens with two attached hydrogens (primary N) is 1. The van der Waals surface area contributed by atoms with Gasteiger partial charge in [-0.25, -0.2) is 4.39 Å². The summed E-state index contributed by atoms with van der Waals surface area (Å²) in [7, 11) is 1.58. The monoisotopic (exact) mass is 278 g/mol. The second kappa shape index (κ2) is 8.31. The molecule has 1 rings (SSSR count). The smallest absolute Gasteiger partial charge is 0.224 e. The third-order valence-electron chi connectivity index (χ3n) is 2.56. The average Bonchev–Trinajstić information content (AvgIpc) is 2.39. The first kappa shape index (κ1) is 16.2. The van der Waals surface area contributed by atoms with Crippen molar-refractivity contribution >= 4 is 11.6 Å². The first-order valence-corrected chi connectivity index (χ1v) is 6.34. The number of hydrogen-bond acceptors (Lipinski definition) is 3. The molecular weight excluding hydrogens is 259 g/mol. The summed E-state index contributed by atoms with van der Waals surface area (Å²) in [4.78, 5) is 11.7. The zero-order valence-corrected chi connectivity index (χ0v) is 11.7. The predicted molar refractivity (Wildman–Crippen MR) is 76.6 cm³/mol. The molecule has 0 aliphatic rings. The molecule has 20 heavy (non-hydrogen) atoms. The predicted octanol–water partition coefficient (Wildman–Crippen LogP) is 1.75. The minimum atomic E-state index is -0.512. The number of ether oxygens (including phenoxy) is 1. The van der Waals surface area contributed by atoms with Gasteiger partial charge in [-0.2, -0.15) is 0 Å². The maximum absolute atomic E-state index is 13.8. The molecular formula is C15H19FN2O2. The Morgan fingerprint density at radius 1 is 1.55 bits per heavy atom. The number of halogens is 1. The molecule has 1 unspecified atom stereocenters. The summed E-state index contributed by atoms with van der Waals surface area (Å²) in [6.45, 7) is 2.60. The lowest BCUT2D eigenvalue weighted by molar-refractivity contribution is -0.117. The Kier molecular flexibility index (Phi) is 6.71. The summed E-state index contributed by atoms with van der Waals surface area (Å²) in [6.07, 6.45) is 0.280. The number of methoxy groups -OCH3 is 1. The molecule has 1 aromatic rings. The highest BCUT2D eigenvalue weighted by atomic mass is 19.1. The van der Waals surface area contributed by atoms with E-state index in [1.165, 1.54) is 12.1 Å². The lowest BCUT2D eigenvalue weighted by Gasteiger charge is -2.11. The van der Waals surface area contributed by atoms with Crippen LogP contribution in [0.2, 0.25) is 0 Å². The largest absolute Gasteiger partial charge is 0.384 e. The Bertz CT molecular complexity index is 520. The Morgan fingerprint density at radius 3 is 2.90 bits per heavy atom. The van der Waals surface area contributed by atoms with Crippen LogP contribution in [-0.4, -0.2) is 26.2 Å². The average molecular weight is 278 g/mol. The Labute approximate surface area is 118 Å². The van der Waals surface area contributed by atoms with E-state index < -0.39 is 5.82 Å². The minimum absolute atomic E-state index is 0.0813. The molecule has 0 radical (unpaired) electrons. The van der Waals surface area contributed by atoms with E-state index >= 15 is 0 Å². The van der Waals surface area contributed by atoms with E-state index in [1.807, 2.05) is 6.92 Å². The third-order valence-corrected chi connectivity index (χ3v) is 2.56. The van der Waals surface area contributed by atoms with Gasteiger partial charge in [0.25, 0.3) is 0 Å². The van der Waals surface area contributed by atoms with E-state index in [0.717, 1.165) is 0 Å². The Balaban J connectivity index is 2.66. The SMILES string of the molecule is COCC(C)CC(=O)Nc1ccc(C#CCN)cc1F. The van der Waals surface area contributed by atoms with Crippen LogP contribution in [0, 0.1) is 23.6 Å². The molecule has 1 amide bonds. The first-order chi connectivity index (χ1) is 9.56. The minimum Gasteiger partial charge on any atom is -0.384 e. The van der Waals surface area contributed by atoms with Crippen LogP contribution in [0.5, 0.6) is 0 Å². The highest BCUT2D eigenvalue weighted by Crippen LogP contribution is 2.16. The van der Waals surface area contributed by atoms with Crippen LogP contribution in [0.3, 0.4) is 0 Å². The van der Waals surface area contributed by atoms with Gasteiger partial charge in [0.15, 0.2) is 0 Å². The van der Waals surface area contributed by atoms with E-state index in [-0.39, 0.29) is 30.5 Å². The molecule has 0 saturated carbocycles. The fourth-order valence-corrected chi connectivity index (χ4v) is 1.71. The normalized spacial score (nSPS) is 11.4. The molecule has 0 aromatic heterocycles. The number of benzene rings is 1. The molecule has 3 N–H and O–H groups in total. The second-order valence-corrected chi connectivity index (χ2v) is 4.51. The summed E-state index contributed by atoms with van der Waals surface area (Å²) >= 11 is 0. The quantitative estimate of drug-likeness (QED) is 0.806. The summed E-state index contributed by atoms with van der Waals surface area (Å²) in [5, 5.41) is 2.54. The molecule has 0 spiro atoms. The number of carbonyl (C=O) groups excluding carboxylic acids is 1. The van der Waals surface area contributed by atoms with Crippen molar-refractivity contribution in [1.29, 1.82) is 0 Å². The fraction of sp³-hybridized carbons (Fsp3) is 0.400. The van der Waals surface area contributed by atoms with Crippen molar-refractivity contribution in [3.05, 3.63) is 29.6 Å². The summed E-state index contributed by atoms with van der Waals surface area (Å²) in [6, 6.07) is 4.41. The highest BCUT2D eigenvalue weighted by Gasteiger charge is 2.11. The van der Waals surface area contributed by atoms with Gasteiger partial charge in [0.1, 0.15) is 5.82 Å². The molecule has 0 aliphatic carbocycles. The van der Waals surface area contributed by atoms with Gasteiger partial charge in [0, 0.05) is 25.7 Å². The van der Waals surface area contributed by atoms with Gasteiger partial charge in [-0.1, -0.05) is 18.8 Å². The molecule has 1 aromatic carbocycles. The zero-order valence-electron chi connectivity index (χ0n) is 11.7. The molecule has 0 fully saturated rings. The first-order valence-electron chi connectivity index (χ1n) is 6.34. The number of rotatable bonds is 5. The van der Waals surface area contributed by atoms with Crippen LogP contribution >= 0.6 is 0 Å². The molecule has 0 saturated heterocycles. The molecule has 0 aliphatic heterocycles. The van der Waals surface area contributed by atoms with Crippen molar-refractivity contribution in [3.8, 4) is 11.8 Å². The lowest BCUT2D eigenvalue weighted by Crippen LogP contribution is -2.18. The molecule has 1 atom stereocenters. The van der Waals surface area contributed by atoms with Gasteiger partial charge < -0.3 is 15.8 Å². The van der Waals surface area contributed by atoms with E-state index in [2.05, 4.69) is 17.2 Å². The molecule has 0 heterocycles. The van der Waals surface area contributed by atoms with Crippen molar-refractivity contribution in [3.63, 3.8) is 0 Å². The van der Waals surface area contributed by atoms with Gasteiger partial charge in [-0.05, 0) is 24.1 Å². The molecule has 5 heteroatoms. The number of hydrogen-bond donors (Lipinski definition) is 2. The van der Waals surface area contributed by atoms with Gasteiger partial charge in [-0.15, -0.1) is 0 Å². The van der Waals surface area contributed by atoms with E-state index in [9.17, 15) is 9.18 Å². The molecule has 108 valence electrons. The van der Waals surface area contributed by atoms with Crippen molar-refractivity contribution in [1.82, 2.24) is 0 Å².